The van der Waals surface area contributed by atoms with Gasteiger partial charge >= 0.3 is 0 Å². The Kier molecular flexibility index (Phi) is 4.86. The highest BCUT2D eigenvalue weighted by atomic mass is 16.5. The van der Waals surface area contributed by atoms with E-state index in [4.69, 9.17) is 4.74 Å². The molecule has 2 rings (SSSR count). The highest BCUT2D eigenvalue weighted by molar-refractivity contribution is 5.95. The second-order valence-electron chi connectivity index (χ2n) is 5.84. The van der Waals surface area contributed by atoms with Crippen LogP contribution in [0.1, 0.15) is 29.2 Å². The van der Waals surface area contributed by atoms with E-state index >= 15 is 0 Å². The van der Waals surface area contributed by atoms with Crippen molar-refractivity contribution in [1.82, 2.24) is 0 Å². The number of carbonyl (C=O) groups is 1. The van der Waals surface area contributed by atoms with Gasteiger partial charge in [0.15, 0.2) is 6.10 Å². The number of hydrogen-bond donors (Lipinski definition) is 1. The molecule has 0 saturated carbocycles. The first kappa shape index (κ1) is 16.1. The third-order valence-electron chi connectivity index (χ3n) is 3.63. The predicted molar refractivity (Wildman–Crippen MR) is 90.6 cm³/mol. The monoisotopic (exact) mass is 297 g/mol. The average molecular weight is 297 g/mol. The molecule has 0 aromatic heterocycles. The van der Waals surface area contributed by atoms with Gasteiger partial charge in [-0.3, -0.25) is 4.79 Å². The SMILES string of the molecule is Cc1ccc(O[C@H](C)C(=O)Nc2c(C)cc(C)cc2C)cc1. The van der Waals surface area contributed by atoms with E-state index in [1.807, 2.05) is 45.0 Å². The maximum atomic E-state index is 12.3. The van der Waals surface area contributed by atoms with E-state index in [0.717, 1.165) is 22.4 Å². The Hall–Kier alpha value is -2.29. The molecule has 0 bridgehead atoms. The first-order valence-corrected chi connectivity index (χ1v) is 7.49. The molecule has 22 heavy (non-hydrogen) atoms. The quantitative estimate of drug-likeness (QED) is 0.912. The van der Waals surface area contributed by atoms with Crippen LogP contribution in [-0.4, -0.2) is 12.0 Å². The fourth-order valence-electron chi connectivity index (χ4n) is 2.48. The number of aryl methyl sites for hydroxylation is 4. The smallest absolute Gasteiger partial charge is 0.265 e. The number of benzene rings is 2. The molecular weight excluding hydrogens is 274 g/mol. The first-order valence-electron chi connectivity index (χ1n) is 7.49. The molecule has 3 nitrogen and oxygen atoms in total. The van der Waals surface area contributed by atoms with Gasteiger partial charge in [0.1, 0.15) is 5.75 Å². The summed E-state index contributed by atoms with van der Waals surface area (Å²) in [6.07, 6.45) is -0.553. The molecule has 1 atom stereocenters. The largest absolute Gasteiger partial charge is 0.481 e. The molecule has 116 valence electrons. The van der Waals surface area contributed by atoms with Gasteiger partial charge in [-0.2, -0.15) is 0 Å². The number of amides is 1. The van der Waals surface area contributed by atoms with E-state index in [1.54, 1.807) is 6.92 Å². The van der Waals surface area contributed by atoms with Crippen molar-refractivity contribution in [1.29, 1.82) is 0 Å². The first-order chi connectivity index (χ1) is 10.4. The summed E-state index contributed by atoms with van der Waals surface area (Å²) < 4.78 is 5.69. The topological polar surface area (TPSA) is 38.3 Å². The zero-order valence-electron chi connectivity index (χ0n) is 13.9. The zero-order chi connectivity index (χ0) is 16.3. The van der Waals surface area contributed by atoms with Gasteiger partial charge in [0.25, 0.3) is 5.91 Å². The number of ether oxygens (including phenoxy) is 1. The highest BCUT2D eigenvalue weighted by Gasteiger charge is 2.16. The average Bonchev–Trinajstić information content (AvgIpc) is 2.45. The molecule has 2 aromatic carbocycles. The molecule has 0 aliphatic rings. The summed E-state index contributed by atoms with van der Waals surface area (Å²) in [5.41, 5.74) is 5.35. The zero-order valence-corrected chi connectivity index (χ0v) is 13.9. The van der Waals surface area contributed by atoms with Gasteiger partial charge in [-0.25, -0.2) is 0 Å². The van der Waals surface area contributed by atoms with Crippen LogP contribution in [0.5, 0.6) is 5.75 Å². The van der Waals surface area contributed by atoms with Gasteiger partial charge < -0.3 is 10.1 Å². The maximum absolute atomic E-state index is 12.3. The summed E-state index contributed by atoms with van der Waals surface area (Å²) in [6, 6.07) is 11.8. The van der Waals surface area contributed by atoms with Crippen LogP contribution in [-0.2, 0) is 4.79 Å². The minimum atomic E-state index is -0.553. The Morgan fingerprint density at radius 1 is 0.955 bits per heavy atom. The van der Waals surface area contributed by atoms with Crippen LogP contribution >= 0.6 is 0 Å². The number of carbonyl (C=O) groups excluding carboxylic acids is 1. The van der Waals surface area contributed by atoms with Crippen molar-refractivity contribution in [3.05, 3.63) is 58.7 Å². The van der Waals surface area contributed by atoms with Crippen molar-refractivity contribution in [2.24, 2.45) is 0 Å². The molecule has 0 unspecified atom stereocenters. The van der Waals surface area contributed by atoms with Crippen molar-refractivity contribution < 1.29 is 9.53 Å². The fraction of sp³-hybridized carbons (Fsp3) is 0.316. The van der Waals surface area contributed by atoms with Crippen LogP contribution in [0, 0.1) is 27.7 Å². The van der Waals surface area contributed by atoms with Crippen LogP contribution in [0.3, 0.4) is 0 Å². The lowest BCUT2D eigenvalue weighted by Gasteiger charge is -2.17. The van der Waals surface area contributed by atoms with E-state index in [2.05, 4.69) is 24.4 Å². The second kappa shape index (κ2) is 6.65. The van der Waals surface area contributed by atoms with Crippen LogP contribution in [0.4, 0.5) is 5.69 Å². The molecule has 0 aliphatic carbocycles. The Bertz CT molecular complexity index is 651. The van der Waals surface area contributed by atoms with Crippen molar-refractivity contribution in [2.45, 2.75) is 40.7 Å². The predicted octanol–water partition coefficient (Wildman–Crippen LogP) is 4.33. The van der Waals surface area contributed by atoms with E-state index in [9.17, 15) is 4.79 Å². The molecule has 1 amide bonds. The normalized spacial score (nSPS) is 11.9. The molecule has 0 fully saturated rings. The Balaban J connectivity index is 2.07. The van der Waals surface area contributed by atoms with E-state index < -0.39 is 6.10 Å². The number of nitrogens with one attached hydrogen (secondary N) is 1. The van der Waals surface area contributed by atoms with Crippen molar-refractivity contribution in [3.63, 3.8) is 0 Å². The van der Waals surface area contributed by atoms with Crippen LogP contribution < -0.4 is 10.1 Å². The second-order valence-corrected chi connectivity index (χ2v) is 5.84. The molecule has 0 radical (unpaired) electrons. The van der Waals surface area contributed by atoms with E-state index in [1.165, 1.54) is 5.56 Å². The third kappa shape index (κ3) is 3.88. The van der Waals surface area contributed by atoms with Crippen molar-refractivity contribution in [3.8, 4) is 5.75 Å². The Morgan fingerprint density at radius 3 is 2.05 bits per heavy atom. The maximum Gasteiger partial charge on any atom is 0.265 e. The van der Waals surface area contributed by atoms with Gasteiger partial charge in [0.2, 0.25) is 0 Å². The molecule has 3 heteroatoms. The summed E-state index contributed by atoms with van der Waals surface area (Å²) in [5, 5.41) is 2.97. The molecule has 0 aliphatic heterocycles. The van der Waals surface area contributed by atoms with Gasteiger partial charge in [-0.15, -0.1) is 0 Å². The van der Waals surface area contributed by atoms with Gasteiger partial charge in [0.05, 0.1) is 0 Å². The number of rotatable bonds is 4. The lowest BCUT2D eigenvalue weighted by atomic mass is 10.0. The van der Waals surface area contributed by atoms with Crippen molar-refractivity contribution >= 4 is 11.6 Å². The number of hydrogen-bond acceptors (Lipinski definition) is 2. The Morgan fingerprint density at radius 2 is 1.50 bits per heavy atom. The van der Waals surface area contributed by atoms with Gasteiger partial charge in [0, 0.05) is 5.69 Å². The van der Waals surface area contributed by atoms with E-state index in [-0.39, 0.29) is 5.91 Å². The lowest BCUT2D eigenvalue weighted by molar-refractivity contribution is -0.122. The molecule has 0 heterocycles. The van der Waals surface area contributed by atoms with Crippen LogP contribution in [0.25, 0.3) is 0 Å². The molecular formula is C19H23NO2. The molecule has 0 saturated heterocycles. The minimum absolute atomic E-state index is 0.143. The van der Waals surface area contributed by atoms with Crippen LogP contribution in [0.15, 0.2) is 36.4 Å². The molecule has 0 spiro atoms. The van der Waals surface area contributed by atoms with Gasteiger partial charge in [-0.1, -0.05) is 35.4 Å². The lowest BCUT2D eigenvalue weighted by Crippen LogP contribution is -2.30. The van der Waals surface area contributed by atoms with E-state index in [0.29, 0.717) is 5.75 Å². The summed E-state index contributed by atoms with van der Waals surface area (Å²) in [5.74, 6) is 0.557. The third-order valence-corrected chi connectivity index (χ3v) is 3.63. The highest BCUT2D eigenvalue weighted by Crippen LogP contribution is 2.22. The Labute approximate surface area is 132 Å². The summed E-state index contributed by atoms with van der Waals surface area (Å²) in [6.45, 7) is 9.83. The van der Waals surface area contributed by atoms with Crippen molar-refractivity contribution in [2.75, 3.05) is 5.32 Å². The summed E-state index contributed by atoms with van der Waals surface area (Å²) in [7, 11) is 0. The summed E-state index contributed by atoms with van der Waals surface area (Å²) in [4.78, 5) is 12.3. The van der Waals surface area contributed by atoms with Gasteiger partial charge in [-0.05, 0) is 57.9 Å². The summed E-state index contributed by atoms with van der Waals surface area (Å²) >= 11 is 0. The fourth-order valence-corrected chi connectivity index (χ4v) is 2.48. The number of anilines is 1. The minimum Gasteiger partial charge on any atom is -0.481 e. The van der Waals surface area contributed by atoms with Crippen LogP contribution in [0.2, 0.25) is 0 Å². The standard InChI is InChI=1S/C19H23NO2/c1-12-6-8-17(9-7-12)22-16(5)19(21)20-18-14(3)10-13(2)11-15(18)4/h6-11,16H,1-5H3,(H,20,21)/t16-/m1/s1. The molecule has 2 aromatic rings. The molecule has 1 N–H and O–H groups in total.